The minimum Gasteiger partial charge on any atom is -0.446 e. The Hall–Kier alpha value is -1.85. The third-order valence-electron chi connectivity index (χ3n) is 4.37. The fourth-order valence-corrected chi connectivity index (χ4v) is 3.07. The number of oxazole rings is 1. The van der Waals surface area contributed by atoms with E-state index in [-0.39, 0.29) is 35.5 Å². The van der Waals surface area contributed by atoms with Gasteiger partial charge in [0.1, 0.15) is 6.26 Å². The number of nitrogens with one attached hydrogen (secondary N) is 1. The number of amides is 2. The van der Waals surface area contributed by atoms with E-state index in [2.05, 4.69) is 10.3 Å². The molecule has 0 radical (unpaired) electrons. The SMILES string of the molecule is CC(C)NC(=O)c1coc(CN(C(=O)C2CCCCC2)C(C)C)n1. The molecule has 24 heavy (non-hydrogen) atoms. The molecule has 1 heterocycles. The first-order valence-corrected chi connectivity index (χ1v) is 8.94. The van der Waals surface area contributed by atoms with Crippen LogP contribution in [0.5, 0.6) is 0 Å². The highest BCUT2D eigenvalue weighted by atomic mass is 16.3. The predicted octanol–water partition coefficient (Wildman–Crippen LogP) is 3.13. The average molecular weight is 335 g/mol. The van der Waals surface area contributed by atoms with Crippen molar-refractivity contribution in [3.05, 3.63) is 17.8 Å². The van der Waals surface area contributed by atoms with Gasteiger partial charge in [-0.25, -0.2) is 4.98 Å². The summed E-state index contributed by atoms with van der Waals surface area (Å²) in [5.41, 5.74) is 0.257. The molecular formula is C18H29N3O3. The minimum atomic E-state index is -0.255. The molecule has 2 rings (SSSR count). The van der Waals surface area contributed by atoms with Gasteiger partial charge in [-0.2, -0.15) is 0 Å². The highest BCUT2D eigenvalue weighted by Crippen LogP contribution is 2.26. The number of aromatic nitrogens is 1. The Morgan fingerprint density at radius 3 is 2.50 bits per heavy atom. The Bertz CT molecular complexity index is 560. The number of nitrogens with zero attached hydrogens (tertiary/aromatic N) is 2. The average Bonchev–Trinajstić information content (AvgIpc) is 3.01. The summed E-state index contributed by atoms with van der Waals surface area (Å²) in [7, 11) is 0. The van der Waals surface area contributed by atoms with E-state index in [4.69, 9.17) is 4.42 Å². The largest absolute Gasteiger partial charge is 0.446 e. The van der Waals surface area contributed by atoms with Crippen molar-refractivity contribution in [3.8, 4) is 0 Å². The highest BCUT2D eigenvalue weighted by molar-refractivity contribution is 5.92. The van der Waals surface area contributed by atoms with Crippen LogP contribution in [0.25, 0.3) is 0 Å². The lowest BCUT2D eigenvalue weighted by molar-refractivity contribution is -0.139. The van der Waals surface area contributed by atoms with E-state index in [1.165, 1.54) is 12.7 Å². The van der Waals surface area contributed by atoms with Crippen molar-refractivity contribution >= 4 is 11.8 Å². The third kappa shape index (κ3) is 4.82. The number of rotatable bonds is 6. The van der Waals surface area contributed by atoms with Crippen LogP contribution in [0.1, 0.15) is 76.2 Å². The van der Waals surface area contributed by atoms with Gasteiger partial charge in [0.25, 0.3) is 5.91 Å². The highest BCUT2D eigenvalue weighted by Gasteiger charge is 2.28. The Morgan fingerprint density at radius 2 is 1.92 bits per heavy atom. The van der Waals surface area contributed by atoms with E-state index in [1.807, 2.05) is 32.6 Å². The number of carbonyl (C=O) groups excluding carboxylic acids is 2. The first-order valence-electron chi connectivity index (χ1n) is 8.94. The van der Waals surface area contributed by atoms with Crippen LogP contribution >= 0.6 is 0 Å². The number of carbonyl (C=O) groups is 2. The topological polar surface area (TPSA) is 75.4 Å². The van der Waals surface area contributed by atoms with E-state index in [0.717, 1.165) is 25.7 Å². The van der Waals surface area contributed by atoms with Crippen LogP contribution in [0.15, 0.2) is 10.7 Å². The van der Waals surface area contributed by atoms with E-state index < -0.39 is 0 Å². The van der Waals surface area contributed by atoms with Crippen molar-refractivity contribution in [2.45, 2.75) is 78.4 Å². The predicted molar refractivity (Wildman–Crippen MR) is 91.4 cm³/mol. The van der Waals surface area contributed by atoms with Gasteiger partial charge in [0, 0.05) is 18.0 Å². The third-order valence-corrected chi connectivity index (χ3v) is 4.37. The zero-order valence-corrected chi connectivity index (χ0v) is 15.2. The van der Waals surface area contributed by atoms with Gasteiger partial charge in [0.15, 0.2) is 5.69 Å². The standard InChI is InChI=1S/C18H29N3O3/c1-12(2)19-17(22)15-11-24-16(20-15)10-21(13(3)4)18(23)14-8-6-5-7-9-14/h11-14H,5-10H2,1-4H3,(H,19,22). The molecule has 2 amide bonds. The van der Waals surface area contributed by atoms with Gasteiger partial charge in [-0.05, 0) is 40.5 Å². The summed E-state index contributed by atoms with van der Waals surface area (Å²) in [6, 6.07) is 0.108. The van der Waals surface area contributed by atoms with Crippen LogP contribution in [0.4, 0.5) is 0 Å². The second kappa shape index (κ2) is 8.31. The maximum atomic E-state index is 12.8. The minimum absolute atomic E-state index is 0.0395. The molecule has 0 aromatic carbocycles. The zero-order valence-electron chi connectivity index (χ0n) is 15.2. The van der Waals surface area contributed by atoms with Crippen LogP contribution in [0, 0.1) is 5.92 Å². The molecular weight excluding hydrogens is 306 g/mol. The summed E-state index contributed by atoms with van der Waals surface area (Å²) in [6.07, 6.45) is 6.77. The Balaban J connectivity index is 2.04. The van der Waals surface area contributed by atoms with Gasteiger partial charge in [-0.3, -0.25) is 9.59 Å². The maximum Gasteiger partial charge on any atom is 0.273 e. The van der Waals surface area contributed by atoms with E-state index in [9.17, 15) is 9.59 Å². The van der Waals surface area contributed by atoms with Crippen LogP contribution < -0.4 is 5.32 Å². The molecule has 1 aliphatic carbocycles. The summed E-state index contributed by atoms with van der Waals surface area (Å²) in [5.74, 6) is 0.437. The van der Waals surface area contributed by atoms with Crippen molar-refractivity contribution in [1.29, 1.82) is 0 Å². The molecule has 1 N–H and O–H groups in total. The van der Waals surface area contributed by atoms with Crippen LogP contribution in [-0.2, 0) is 11.3 Å². The lowest BCUT2D eigenvalue weighted by Gasteiger charge is -2.31. The molecule has 134 valence electrons. The molecule has 1 aromatic rings. The second-order valence-corrected chi connectivity index (χ2v) is 7.15. The Morgan fingerprint density at radius 1 is 1.25 bits per heavy atom. The van der Waals surface area contributed by atoms with Gasteiger partial charge in [-0.1, -0.05) is 19.3 Å². The summed E-state index contributed by atoms with van der Waals surface area (Å²) in [6.45, 7) is 8.08. The molecule has 1 aliphatic rings. The van der Waals surface area contributed by atoms with Gasteiger partial charge in [0.05, 0.1) is 6.54 Å². The molecule has 0 aliphatic heterocycles. The lowest BCUT2D eigenvalue weighted by atomic mass is 9.88. The maximum absolute atomic E-state index is 12.8. The van der Waals surface area contributed by atoms with Gasteiger partial charge in [0.2, 0.25) is 11.8 Å². The molecule has 1 saturated carbocycles. The monoisotopic (exact) mass is 335 g/mol. The molecule has 0 atom stereocenters. The molecule has 0 saturated heterocycles. The smallest absolute Gasteiger partial charge is 0.273 e. The van der Waals surface area contributed by atoms with Crippen molar-refractivity contribution < 1.29 is 14.0 Å². The van der Waals surface area contributed by atoms with Crippen molar-refractivity contribution in [2.75, 3.05) is 0 Å². The first kappa shape index (κ1) is 18.5. The normalized spacial score (nSPS) is 15.8. The summed E-state index contributed by atoms with van der Waals surface area (Å²) in [5, 5.41) is 2.78. The molecule has 6 heteroatoms. The first-order chi connectivity index (χ1) is 11.4. The summed E-state index contributed by atoms with van der Waals surface area (Å²) in [4.78, 5) is 30.8. The van der Waals surface area contributed by atoms with E-state index in [0.29, 0.717) is 12.4 Å². The molecule has 0 spiro atoms. The molecule has 1 aromatic heterocycles. The molecule has 0 bridgehead atoms. The second-order valence-electron chi connectivity index (χ2n) is 7.15. The van der Waals surface area contributed by atoms with Crippen molar-refractivity contribution in [1.82, 2.24) is 15.2 Å². The van der Waals surface area contributed by atoms with Gasteiger partial charge < -0.3 is 14.6 Å². The zero-order chi connectivity index (χ0) is 17.7. The Labute approximate surface area is 144 Å². The summed E-state index contributed by atoms with van der Waals surface area (Å²) >= 11 is 0. The number of hydrogen-bond donors (Lipinski definition) is 1. The Kier molecular flexibility index (Phi) is 6.40. The quantitative estimate of drug-likeness (QED) is 0.866. The van der Waals surface area contributed by atoms with Crippen LogP contribution in [0.3, 0.4) is 0 Å². The lowest BCUT2D eigenvalue weighted by Crippen LogP contribution is -2.41. The molecule has 6 nitrogen and oxygen atoms in total. The fraction of sp³-hybridized carbons (Fsp3) is 0.722. The van der Waals surface area contributed by atoms with Crippen LogP contribution in [-0.4, -0.2) is 33.8 Å². The summed E-state index contributed by atoms with van der Waals surface area (Å²) < 4.78 is 5.42. The molecule has 1 fully saturated rings. The van der Waals surface area contributed by atoms with Crippen LogP contribution in [0.2, 0.25) is 0 Å². The number of hydrogen-bond acceptors (Lipinski definition) is 4. The van der Waals surface area contributed by atoms with E-state index >= 15 is 0 Å². The fourth-order valence-electron chi connectivity index (χ4n) is 3.07. The van der Waals surface area contributed by atoms with E-state index in [1.54, 1.807) is 0 Å². The van der Waals surface area contributed by atoms with Gasteiger partial charge in [-0.15, -0.1) is 0 Å². The van der Waals surface area contributed by atoms with Crippen molar-refractivity contribution in [2.24, 2.45) is 5.92 Å². The van der Waals surface area contributed by atoms with Gasteiger partial charge >= 0.3 is 0 Å². The molecule has 0 unspecified atom stereocenters. The van der Waals surface area contributed by atoms with Crippen molar-refractivity contribution in [3.63, 3.8) is 0 Å².